The molecule has 1 heterocycles. The molecule has 2 aromatic rings. The van der Waals surface area contributed by atoms with Crippen LogP contribution in [-0.4, -0.2) is 5.16 Å². The highest BCUT2D eigenvalue weighted by Gasteiger charge is 2.05. The third-order valence-corrected chi connectivity index (χ3v) is 2.17. The fourth-order valence-electron chi connectivity index (χ4n) is 1.17. The third kappa shape index (κ3) is 1.13. The van der Waals surface area contributed by atoms with E-state index >= 15 is 0 Å². The first kappa shape index (κ1) is 7.76. The van der Waals surface area contributed by atoms with Crippen molar-refractivity contribution in [3.8, 4) is 0 Å². The van der Waals surface area contributed by atoms with Gasteiger partial charge in [-0.2, -0.15) is 0 Å². The van der Waals surface area contributed by atoms with Crippen LogP contribution in [0.15, 0.2) is 27.3 Å². The van der Waals surface area contributed by atoms with Crippen LogP contribution in [0.1, 0.15) is 5.56 Å². The Labute approximate surface area is 77.7 Å². The molecule has 2 rings (SSSR count). The normalized spacial score (nSPS) is 10.8. The van der Waals surface area contributed by atoms with Gasteiger partial charge < -0.3 is 10.3 Å². The molecule has 0 saturated carbocycles. The van der Waals surface area contributed by atoms with Crippen molar-refractivity contribution in [2.45, 2.75) is 6.54 Å². The first-order valence-corrected chi connectivity index (χ1v) is 4.33. The molecule has 1 aromatic carbocycles. The summed E-state index contributed by atoms with van der Waals surface area (Å²) in [5, 5.41) is 4.68. The van der Waals surface area contributed by atoms with Gasteiger partial charge in [0.2, 0.25) is 0 Å². The molecule has 12 heavy (non-hydrogen) atoms. The van der Waals surface area contributed by atoms with Crippen molar-refractivity contribution in [3.63, 3.8) is 0 Å². The Kier molecular flexibility index (Phi) is 1.86. The van der Waals surface area contributed by atoms with E-state index in [-0.39, 0.29) is 0 Å². The van der Waals surface area contributed by atoms with Crippen molar-refractivity contribution in [2.24, 2.45) is 5.73 Å². The standard InChI is InChI=1S/C8H7BrN2O/c9-7-1-5(3-10)8-6(2-7)4-11-12-8/h1-2,4H,3,10H2. The van der Waals surface area contributed by atoms with Crippen LogP contribution in [0.5, 0.6) is 0 Å². The molecule has 62 valence electrons. The maximum absolute atomic E-state index is 5.54. The molecular weight excluding hydrogens is 220 g/mol. The van der Waals surface area contributed by atoms with Crippen LogP contribution in [0.3, 0.4) is 0 Å². The number of fused-ring (bicyclic) bond motifs is 1. The highest BCUT2D eigenvalue weighted by atomic mass is 79.9. The van der Waals surface area contributed by atoms with Gasteiger partial charge in [-0.3, -0.25) is 0 Å². The lowest BCUT2D eigenvalue weighted by Gasteiger charge is -1.97. The van der Waals surface area contributed by atoms with E-state index in [9.17, 15) is 0 Å². The number of hydrogen-bond donors (Lipinski definition) is 1. The highest BCUT2D eigenvalue weighted by molar-refractivity contribution is 9.10. The average molecular weight is 227 g/mol. The second-order valence-corrected chi connectivity index (χ2v) is 3.43. The van der Waals surface area contributed by atoms with Gasteiger partial charge in [-0.1, -0.05) is 21.1 Å². The molecule has 0 radical (unpaired) electrons. The van der Waals surface area contributed by atoms with E-state index in [1.165, 1.54) is 0 Å². The Morgan fingerprint density at radius 2 is 2.33 bits per heavy atom. The van der Waals surface area contributed by atoms with Crippen LogP contribution in [-0.2, 0) is 6.54 Å². The van der Waals surface area contributed by atoms with Crippen LogP contribution in [0, 0.1) is 0 Å². The number of nitrogens with two attached hydrogens (primary N) is 1. The fourth-order valence-corrected chi connectivity index (χ4v) is 1.69. The zero-order chi connectivity index (χ0) is 8.55. The molecule has 0 aliphatic carbocycles. The number of aromatic nitrogens is 1. The lowest BCUT2D eigenvalue weighted by atomic mass is 10.2. The Balaban J connectivity index is 2.80. The summed E-state index contributed by atoms with van der Waals surface area (Å²) < 4.78 is 6.04. The van der Waals surface area contributed by atoms with E-state index in [2.05, 4.69) is 21.1 Å². The molecule has 0 fully saturated rings. The molecule has 0 aliphatic heterocycles. The number of rotatable bonds is 1. The Bertz CT molecular complexity index is 410. The third-order valence-electron chi connectivity index (χ3n) is 1.72. The van der Waals surface area contributed by atoms with Gasteiger partial charge in [0.1, 0.15) is 0 Å². The van der Waals surface area contributed by atoms with Gasteiger partial charge in [0.05, 0.1) is 6.20 Å². The molecular formula is C8H7BrN2O. The molecule has 0 spiro atoms. The quantitative estimate of drug-likeness (QED) is 0.810. The van der Waals surface area contributed by atoms with E-state index < -0.39 is 0 Å². The van der Waals surface area contributed by atoms with Crippen LogP contribution in [0.25, 0.3) is 11.0 Å². The zero-order valence-corrected chi connectivity index (χ0v) is 7.84. The summed E-state index contributed by atoms with van der Waals surface area (Å²) in [6.45, 7) is 0.463. The van der Waals surface area contributed by atoms with Crippen molar-refractivity contribution in [1.82, 2.24) is 5.16 Å². The van der Waals surface area contributed by atoms with Gasteiger partial charge in [-0.25, -0.2) is 0 Å². The maximum atomic E-state index is 5.54. The van der Waals surface area contributed by atoms with Crippen LogP contribution >= 0.6 is 15.9 Å². The first-order chi connectivity index (χ1) is 5.81. The van der Waals surface area contributed by atoms with Gasteiger partial charge in [0.25, 0.3) is 0 Å². The molecule has 0 saturated heterocycles. The molecule has 0 aliphatic rings. The molecule has 0 atom stereocenters. The SMILES string of the molecule is NCc1cc(Br)cc2cnoc12. The maximum Gasteiger partial charge on any atom is 0.171 e. The second kappa shape index (κ2) is 2.88. The van der Waals surface area contributed by atoms with E-state index in [4.69, 9.17) is 10.3 Å². The molecule has 0 amide bonds. The molecule has 2 N–H and O–H groups in total. The minimum absolute atomic E-state index is 0.463. The minimum Gasteiger partial charge on any atom is -0.356 e. The molecule has 4 heteroatoms. The summed E-state index contributed by atoms with van der Waals surface area (Å²) >= 11 is 3.38. The van der Waals surface area contributed by atoms with E-state index in [0.717, 1.165) is 21.0 Å². The first-order valence-electron chi connectivity index (χ1n) is 3.54. The number of halogens is 1. The topological polar surface area (TPSA) is 52.0 Å². The summed E-state index contributed by atoms with van der Waals surface area (Å²) in [5.74, 6) is 0. The lowest BCUT2D eigenvalue weighted by Crippen LogP contribution is -1.96. The van der Waals surface area contributed by atoms with Crippen molar-refractivity contribution in [1.29, 1.82) is 0 Å². The monoisotopic (exact) mass is 226 g/mol. The number of hydrogen-bond acceptors (Lipinski definition) is 3. The van der Waals surface area contributed by atoms with Gasteiger partial charge in [0.15, 0.2) is 5.58 Å². The van der Waals surface area contributed by atoms with Gasteiger partial charge >= 0.3 is 0 Å². The van der Waals surface area contributed by atoms with Crippen molar-refractivity contribution in [3.05, 3.63) is 28.4 Å². The smallest absolute Gasteiger partial charge is 0.171 e. The lowest BCUT2D eigenvalue weighted by molar-refractivity contribution is 0.454. The Morgan fingerprint density at radius 3 is 3.08 bits per heavy atom. The second-order valence-electron chi connectivity index (χ2n) is 2.51. The van der Waals surface area contributed by atoms with Crippen molar-refractivity contribution >= 4 is 26.9 Å². The summed E-state index contributed by atoms with van der Waals surface area (Å²) in [7, 11) is 0. The van der Waals surface area contributed by atoms with Crippen LogP contribution in [0.2, 0.25) is 0 Å². The van der Waals surface area contributed by atoms with Crippen molar-refractivity contribution < 1.29 is 4.52 Å². The van der Waals surface area contributed by atoms with Crippen LogP contribution in [0.4, 0.5) is 0 Å². The largest absolute Gasteiger partial charge is 0.356 e. The van der Waals surface area contributed by atoms with Gasteiger partial charge in [-0.15, -0.1) is 0 Å². The predicted molar refractivity (Wildman–Crippen MR) is 49.6 cm³/mol. The predicted octanol–water partition coefficient (Wildman–Crippen LogP) is 2.05. The Hall–Kier alpha value is -0.870. The zero-order valence-electron chi connectivity index (χ0n) is 6.25. The van der Waals surface area contributed by atoms with Crippen LogP contribution < -0.4 is 5.73 Å². The summed E-state index contributed by atoms with van der Waals surface area (Å²) in [6, 6.07) is 3.89. The Morgan fingerprint density at radius 1 is 1.50 bits per heavy atom. The molecule has 3 nitrogen and oxygen atoms in total. The summed E-state index contributed by atoms with van der Waals surface area (Å²) in [4.78, 5) is 0. The fraction of sp³-hybridized carbons (Fsp3) is 0.125. The summed E-state index contributed by atoms with van der Waals surface area (Å²) in [6.07, 6.45) is 1.68. The average Bonchev–Trinajstić information content (AvgIpc) is 2.50. The molecule has 0 bridgehead atoms. The highest BCUT2D eigenvalue weighted by Crippen LogP contribution is 2.23. The van der Waals surface area contributed by atoms with E-state index in [0.29, 0.717) is 6.54 Å². The van der Waals surface area contributed by atoms with Gasteiger partial charge in [-0.05, 0) is 12.1 Å². The number of nitrogens with zero attached hydrogens (tertiary/aromatic N) is 1. The summed E-state index contributed by atoms with van der Waals surface area (Å²) in [5.41, 5.74) is 7.28. The minimum atomic E-state index is 0.463. The van der Waals surface area contributed by atoms with Crippen molar-refractivity contribution in [2.75, 3.05) is 0 Å². The molecule has 1 aromatic heterocycles. The molecule has 0 unspecified atom stereocenters. The van der Waals surface area contributed by atoms with Gasteiger partial charge in [0, 0.05) is 22.0 Å². The van der Waals surface area contributed by atoms with E-state index in [1.807, 2.05) is 12.1 Å². The van der Waals surface area contributed by atoms with E-state index in [1.54, 1.807) is 6.20 Å². The number of benzene rings is 1.